The number of rotatable bonds is 6. The van der Waals surface area contributed by atoms with E-state index in [2.05, 4.69) is 4.90 Å². The fourth-order valence-corrected chi connectivity index (χ4v) is 4.62. The number of nitrogens with zero attached hydrogens (tertiary/aromatic N) is 3. The lowest BCUT2D eigenvalue weighted by atomic mass is 10.1. The van der Waals surface area contributed by atoms with Gasteiger partial charge in [-0.25, -0.2) is 12.7 Å². The Hall–Kier alpha value is -2.09. The Bertz CT molecular complexity index is 1000. The molecule has 1 amide bonds. The molecule has 1 saturated heterocycles. The SMILES string of the molecule is CN(Cc1cccc(Cl)c1)C(=O)c1cc(S(=O)(=O)N(C)C)ccc1N1CCCC1. The standard InChI is InChI=1S/C21H26ClN3O3S/c1-23(2)29(27,28)18-9-10-20(25-11-4-5-12-25)19(14-18)21(26)24(3)15-16-7-6-8-17(22)13-16/h6-10,13-14H,4-5,11-12,15H2,1-3H3. The third kappa shape index (κ3) is 4.74. The molecular weight excluding hydrogens is 410 g/mol. The molecule has 6 nitrogen and oxygen atoms in total. The van der Waals surface area contributed by atoms with E-state index in [1.54, 1.807) is 30.1 Å². The smallest absolute Gasteiger partial charge is 0.256 e. The van der Waals surface area contributed by atoms with Crippen LogP contribution < -0.4 is 4.90 Å². The fraction of sp³-hybridized carbons (Fsp3) is 0.381. The van der Waals surface area contributed by atoms with Gasteiger partial charge in [0.05, 0.1) is 10.5 Å². The average Bonchev–Trinajstić information content (AvgIpc) is 3.21. The third-order valence-electron chi connectivity index (χ3n) is 5.08. The number of hydrogen-bond donors (Lipinski definition) is 0. The van der Waals surface area contributed by atoms with E-state index in [0.29, 0.717) is 17.1 Å². The molecule has 0 N–H and O–H groups in total. The number of amides is 1. The Kier molecular flexibility index (Phi) is 6.51. The first-order chi connectivity index (χ1) is 13.7. The van der Waals surface area contributed by atoms with E-state index in [1.165, 1.54) is 20.2 Å². The van der Waals surface area contributed by atoms with Crippen LogP contribution in [0, 0.1) is 0 Å². The van der Waals surface area contributed by atoms with E-state index >= 15 is 0 Å². The lowest BCUT2D eigenvalue weighted by Gasteiger charge is -2.25. The number of hydrogen-bond acceptors (Lipinski definition) is 4. The van der Waals surface area contributed by atoms with Crippen LogP contribution in [0.1, 0.15) is 28.8 Å². The van der Waals surface area contributed by atoms with Crippen LogP contribution in [0.4, 0.5) is 5.69 Å². The molecule has 0 aromatic heterocycles. The largest absolute Gasteiger partial charge is 0.371 e. The van der Waals surface area contributed by atoms with Crippen LogP contribution in [0.2, 0.25) is 5.02 Å². The molecule has 0 saturated carbocycles. The Morgan fingerprint density at radius 2 is 1.76 bits per heavy atom. The topological polar surface area (TPSA) is 60.9 Å². The van der Waals surface area contributed by atoms with Gasteiger partial charge >= 0.3 is 0 Å². The van der Waals surface area contributed by atoms with E-state index in [1.807, 2.05) is 18.2 Å². The first kappa shape index (κ1) is 21.6. The Morgan fingerprint density at radius 3 is 2.38 bits per heavy atom. The highest BCUT2D eigenvalue weighted by Crippen LogP contribution is 2.29. The van der Waals surface area contributed by atoms with Gasteiger partial charge in [0, 0.05) is 51.5 Å². The molecule has 0 spiro atoms. The average molecular weight is 436 g/mol. The summed E-state index contributed by atoms with van der Waals surface area (Å²) >= 11 is 6.06. The van der Waals surface area contributed by atoms with Gasteiger partial charge in [-0.15, -0.1) is 0 Å². The van der Waals surface area contributed by atoms with Crippen molar-refractivity contribution >= 4 is 33.2 Å². The van der Waals surface area contributed by atoms with Gasteiger partial charge in [0.2, 0.25) is 10.0 Å². The summed E-state index contributed by atoms with van der Waals surface area (Å²) in [6.45, 7) is 2.10. The molecule has 2 aromatic rings. The molecule has 1 aliphatic heterocycles. The summed E-state index contributed by atoms with van der Waals surface area (Å²) in [7, 11) is 1.04. The van der Waals surface area contributed by atoms with Gasteiger partial charge in [0.15, 0.2) is 0 Å². The monoisotopic (exact) mass is 435 g/mol. The Labute approximate surface area is 177 Å². The molecule has 1 heterocycles. The fourth-order valence-electron chi connectivity index (χ4n) is 3.48. The van der Waals surface area contributed by atoms with Gasteiger partial charge in [0.1, 0.15) is 0 Å². The predicted molar refractivity (Wildman–Crippen MR) is 116 cm³/mol. The van der Waals surface area contributed by atoms with E-state index in [9.17, 15) is 13.2 Å². The van der Waals surface area contributed by atoms with Crippen LogP contribution >= 0.6 is 11.6 Å². The normalized spacial score (nSPS) is 14.4. The zero-order valence-electron chi connectivity index (χ0n) is 16.9. The van der Waals surface area contributed by atoms with Crippen molar-refractivity contribution in [1.82, 2.24) is 9.21 Å². The number of carbonyl (C=O) groups excluding carboxylic acids is 1. The van der Waals surface area contributed by atoms with Crippen LogP contribution in [0.15, 0.2) is 47.4 Å². The summed E-state index contributed by atoms with van der Waals surface area (Å²) < 4.78 is 26.4. The zero-order valence-corrected chi connectivity index (χ0v) is 18.5. The molecular formula is C21H26ClN3O3S. The summed E-state index contributed by atoms with van der Waals surface area (Å²) in [5.74, 6) is -0.220. The zero-order chi connectivity index (χ0) is 21.2. The van der Waals surface area contributed by atoms with Crippen LogP contribution in [0.25, 0.3) is 0 Å². The van der Waals surface area contributed by atoms with Gasteiger partial charge in [-0.05, 0) is 48.7 Å². The summed E-state index contributed by atoms with van der Waals surface area (Å²) in [5, 5.41) is 0.611. The minimum Gasteiger partial charge on any atom is -0.371 e. The molecule has 29 heavy (non-hydrogen) atoms. The van der Waals surface area contributed by atoms with Crippen molar-refractivity contribution in [3.05, 3.63) is 58.6 Å². The molecule has 0 radical (unpaired) electrons. The lowest BCUT2D eigenvalue weighted by Crippen LogP contribution is -2.30. The molecule has 0 aliphatic carbocycles. The molecule has 2 aromatic carbocycles. The van der Waals surface area contributed by atoms with Gasteiger partial charge in [-0.3, -0.25) is 4.79 Å². The summed E-state index contributed by atoms with van der Waals surface area (Å²) in [4.78, 5) is 17.2. The molecule has 1 aliphatic rings. The molecule has 156 valence electrons. The maximum Gasteiger partial charge on any atom is 0.256 e. The molecule has 3 rings (SSSR count). The summed E-state index contributed by atoms with van der Waals surface area (Å²) in [5.41, 5.74) is 2.09. The number of benzene rings is 2. The number of carbonyl (C=O) groups is 1. The highest BCUT2D eigenvalue weighted by atomic mass is 35.5. The van der Waals surface area contributed by atoms with Crippen LogP contribution in [-0.2, 0) is 16.6 Å². The second kappa shape index (κ2) is 8.73. The van der Waals surface area contributed by atoms with Crippen molar-refractivity contribution in [3.8, 4) is 0 Å². The van der Waals surface area contributed by atoms with Gasteiger partial charge < -0.3 is 9.80 Å². The molecule has 0 atom stereocenters. The van der Waals surface area contributed by atoms with Crippen LogP contribution in [-0.4, -0.2) is 57.8 Å². The highest BCUT2D eigenvalue weighted by molar-refractivity contribution is 7.89. The van der Waals surface area contributed by atoms with E-state index in [0.717, 1.165) is 41.5 Å². The number of sulfonamides is 1. The second-order valence-electron chi connectivity index (χ2n) is 7.45. The molecule has 0 unspecified atom stereocenters. The van der Waals surface area contributed by atoms with Crippen molar-refractivity contribution in [1.29, 1.82) is 0 Å². The minimum absolute atomic E-state index is 0.116. The van der Waals surface area contributed by atoms with E-state index in [-0.39, 0.29) is 10.8 Å². The van der Waals surface area contributed by atoms with Crippen molar-refractivity contribution in [2.45, 2.75) is 24.3 Å². The maximum absolute atomic E-state index is 13.3. The molecule has 1 fully saturated rings. The number of halogens is 1. The van der Waals surface area contributed by atoms with Crippen LogP contribution in [0.3, 0.4) is 0 Å². The first-order valence-electron chi connectivity index (χ1n) is 9.51. The lowest BCUT2D eigenvalue weighted by molar-refractivity contribution is 0.0785. The second-order valence-corrected chi connectivity index (χ2v) is 10.0. The Morgan fingerprint density at radius 1 is 1.07 bits per heavy atom. The van der Waals surface area contributed by atoms with Crippen molar-refractivity contribution in [2.75, 3.05) is 39.1 Å². The van der Waals surface area contributed by atoms with E-state index < -0.39 is 10.0 Å². The third-order valence-corrected chi connectivity index (χ3v) is 7.13. The highest BCUT2D eigenvalue weighted by Gasteiger charge is 2.26. The minimum atomic E-state index is -3.64. The Balaban J connectivity index is 1.98. The summed E-state index contributed by atoms with van der Waals surface area (Å²) in [6, 6.07) is 12.2. The predicted octanol–water partition coefficient (Wildman–Crippen LogP) is 3.46. The quantitative estimate of drug-likeness (QED) is 0.697. The van der Waals surface area contributed by atoms with Crippen molar-refractivity contribution in [3.63, 3.8) is 0 Å². The summed E-state index contributed by atoms with van der Waals surface area (Å²) in [6.07, 6.45) is 2.12. The van der Waals surface area contributed by atoms with Gasteiger partial charge in [-0.1, -0.05) is 23.7 Å². The molecule has 8 heteroatoms. The van der Waals surface area contributed by atoms with Crippen LogP contribution in [0.5, 0.6) is 0 Å². The molecule has 0 bridgehead atoms. The van der Waals surface area contributed by atoms with Gasteiger partial charge in [0.25, 0.3) is 5.91 Å². The first-order valence-corrected chi connectivity index (χ1v) is 11.3. The maximum atomic E-state index is 13.3. The van der Waals surface area contributed by atoms with E-state index in [4.69, 9.17) is 11.6 Å². The van der Waals surface area contributed by atoms with Gasteiger partial charge in [-0.2, -0.15) is 0 Å². The van der Waals surface area contributed by atoms with Crippen molar-refractivity contribution in [2.24, 2.45) is 0 Å². The number of anilines is 1. The van der Waals surface area contributed by atoms with Crippen molar-refractivity contribution < 1.29 is 13.2 Å².